The molecule has 0 aliphatic carbocycles. The van der Waals surface area contributed by atoms with Crippen molar-refractivity contribution >= 4 is 33.5 Å². The molecule has 1 aromatic heterocycles. The highest BCUT2D eigenvalue weighted by molar-refractivity contribution is 9.10. The van der Waals surface area contributed by atoms with Crippen LogP contribution in [0, 0.1) is 11.3 Å². The predicted molar refractivity (Wildman–Crippen MR) is 75.7 cm³/mol. The van der Waals surface area contributed by atoms with Crippen LogP contribution in [0.15, 0.2) is 47.1 Å². The molecule has 0 fully saturated rings. The zero-order valence-corrected chi connectivity index (χ0v) is 11.3. The van der Waals surface area contributed by atoms with Gasteiger partial charge in [-0.3, -0.25) is 5.32 Å². The van der Waals surface area contributed by atoms with E-state index in [9.17, 15) is 4.79 Å². The number of benzene rings is 1. The monoisotopic (exact) mass is 316 g/mol. The molecule has 1 heterocycles. The molecule has 0 bridgehead atoms. The standard InChI is InChI=1S/C13H9BrN4O/c14-11-2-1-7-16-12(11)18-13(19)17-10-5-3-9(8-15)4-6-10/h1-7H,(H2,16,17,18,19). The van der Waals surface area contributed by atoms with Crippen LogP contribution >= 0.6 is 15.9 Å². The molecule has 0 aliphatic heterocycles. The molecule has 94 valence electrons. The quantitative estimate of drug-likeness (QED) is 0.891. The van der Waals surface area contributed by atoms with Gasteiger partial charge in [-0.25, -0.2) is 9.78 Å². The highest BCUT2D eigenvalue weighted by atomic mass is 79.9. The van der Waals surface area contributed by atoms with E-state index in [4.69, 9.17) is 5.26 Å². The van der Waals surface area contributed by atoms with E-state index >= 15 is 0 Å². The van der Waals surface area contributed by atoms with Gasteiger partial charge in [0, 0.05) is 11.9 Å². The van der Waals surface area contributed by atoms with Crippen LogP contribution in [-0.2, 0) is 0 Å². The topological polar surface area (TPSA) is 77.8 Å². The molecule has 2 N–H and O–H groups in total. The minimum Gasteiger partial charge on any atom is -0.308 e. The molecule has 2 rings (SSSR count). The number of carbonyl (C=O) groups excluding carboxylic acids is 1. The Morgan fingerprint density at radius 1 is 1.21 bits per heavy atom. The minimum atomic E-state index is -0.399. The number of carbonyl (C=O) groups is 1. The smallest absolute Gasteiger partial charge is 0.308 e. The van der Waals surface area contributed by atoms with Crippen LogP contribution in [0.2, 0.25) is 0 Å². The number of aromatic nitrogens is 1. The number of halogens is 1. The van der Waals surface area contributed by atoms with E-state index < -0.39 is 6.03 Å². The number of hydrogen-bond acceptors (Lipinski definition) is 3. The van der Waals surface area contributed by atoms with Gasteiger partial charge in [-0.1, -0.05) is 0 Å². The maximum Gasteiger partial charge on any atom is 0.324 e. The largest absolute Gasteiger partial charge is 0.324 e. The Kier molecular flexibility index (Phi) is 4.11. The molecule has 2 amide bonds. The van der Waals surface area contributed by atoms with Crippen molar-refractivity contribution in [3.63, 3.8) is 0 Å². The van der Waals surface area contributed by atoms with Crippen LogP contribution in [0.5, 0.6) is 0 Å². The lowest BCUT2D eigenvalue weighted by Crippen LogP contribution is -2.20. The van der Waals surface area contributed by atoms with Gasteiger partial charge in [-0.05, 0) is 52.3 Å². The van der Waals surface area contributed by atoms with Crippen molar-refractivity contribution in [3.8, 4) is 6.07 Å². The van der Waals surface area contributed by atoms with E-state index in [1.165, 1.54) is 0 Å². The van der Waals surface area contributed by atoms with Gasteiger partial charge in [0.15, 0.2) is 0 Å². The van der Waals surface area contributed by atoms with Crippen LogP contribution < -0.4 is 10.6 Å². The zero-order chi connectivity index (χ0) is 13.7. The van der Waals surface area contributed by atoms with E-state index in [1.807, 2.05) is 6.07 Å². The molecule has 1 aromatic carbocycles. The molecule has 6 heteroatoms. The summed E-state index contributed by atoms with van der Waals surface area (Å²) >= 11 is 3.29. The van der Waals surface area contributed by atoms with Crippen LogP contribution in [0.4, 0.5) is 16.3 Å². The average Bonchev–Trinajstić information content (AvgIpc) is 2.42. The number of anilines is 2. The fourth-order valence-electron chi connectivity index (χ4n) is 1.38. The summed E-state index contributed by atoms with van der Waals surface area (Å²) in [6.07, 6.45) is 1.59. The SMILES string of the molecule is N#Cc1ccc(NC(=O)Nc2ncccc2Br)cc1. The number of nitrogens with zero attached hydrogens (tertiary/aromatic N) is 2. The second kappa shape index (κ2) is 5.98. The Labute approximate surface area is 118 Å². The first-order valence-electron chi connectivity index (χ1n) is 5.38. The molecular formula is C13H9BrN4O. The molecule has 19 heavy (non-hydrogen) atoms. The number of nitriles is 1. The van der Waals surface area contributed by atoms with Gasteiger partial charge in [0.2, 0.25) is 0 Å². The molecule has 0 atom stereocenters. The van der Waals surface area contributed by atoms with Gasteiger partial charge in [0.25, 0.3) is 0 Å². The number of nitrogens with one attached hydrogen (secondary N) is 2. The van der Waals surface area contributed by atoms with E-state index in [0.717, 1.165) is 0 Å². The second-order valence-corrected chi connectivity index (χ2v) is 4.46. The summed E-state index contributed by atoms with van der Waals surface area (Å²) in [5.41, 5.74) is 1.14. The highest BCUT2D eigenvalue weighted by Gasteiger charge is 2.06. The van der Waals surface area contributed by atoms with Crippen LogP contribution in [0.1, 0.15) is 5.56 Å². The molecule has 0 unspecified atom stereocenters. The lowest BCUT2D eigenvalue weighted by atomic mass is 10.2. The van der Waals surface area contributed by atoms with Crippen LogP contribution in [0.25, 0.3) is 0 Å². The number of amides is 2. The molecule has 0 saturated carbocycles. The van der Waals surface area contributed by atoms with E-state index in [2.05, 4.69) is 31.5 Å². The molecule has 5 nitrogen and oxygen atoms in total. The average molecular weight is 317 g/mol. The first-order valence-corrected chi connectivity index (χ1v) is 6.17. The normalized spacial score (nSPS) is 9.47. The van der Waals surface area contributed by atoms with Crippen molar-refractivity contribution in [1.29, 1.82) is 5.26 Å². The molecular weight excluding hydrogens is 308 g/mol. The second-order valence-electron chi connectivity index (χ2n) is 3.60. The number of pyridine rings is 1. The first-order chi connectivity index (χ1) is 9.19. The summed E-state index contributed by atoms with van der Waals surface area (Å²) in [6, 6.07) is 11.7. The fraction of sp³-hybridized carbons (Fsp3) is 0. The maximum atomic E-state index is 11.7. The van der Waals surface area contributed by atoms with Crippen LogP contribution in [0.3, 0.4) is 0 Å². The summed E-state index contributed by atoms with van der Waals surface area (Å²) < 4.78 is 0.699. The summed E-state index contributed by atoms with van der Waals surface area (Å²) in [5.74, 6) is 0.439. The third-order valence-electron chi connectivity index (χ3n) is 2.26. The van der Waals surface area contributed by atoms with Crippen molar-refractivity contribution in [2.24, 2.45) is 0 Å². The van der Waals surface area contributed by atoms with Gasteiger partial charge in [0.1, 0.15) is 5.82 Å². The van der Waals surface area contributed by atoms with Crippen molar-refractivity contribution in [2.45, 2.75) is 0 Å². The van der Waals surface area contributed by atoms with Crippen molar-refractivity contribution in [3.05, 3.63) is 52.6 Å². The zero-order valence-electron chi connectivity index (χ0n) is 9.72. The lowest BCUT2D eigenvalue weighted by molar-refractivity contribution is 0.262. The van der Waals surface area contributed by atoms with Crippen LogP contribution in [-0.4, -0.2) is 11.0 Å². The minimum absolute atomic E-state index is 0.399. The Balaban J connectivity index is 2.01. The van der Waals surface area contributed by atoms with Gasteiger partial charge < -0.3 is 5.32 Å². The molecule has 0 aliphatic rings. The Morgan fingerprint density at radius 2 is 1.95 bits per heavy atom. The van der Waals surface area contributed by atoms with Gasteiger partial charge in [-0.2, -0.15) is 5.26 Å². The summed E-state index contributed by atoms with van der Waals surface area (Å²) in [7, 11) is 0. The Morgan fingerprint density at radius 3 is 2.58 bits per heavy atom. The molecule has 2 aromatic rings. The highest BCUT2D eigenvalue weighted by Crippen LogP contribution is 2.18. The Bertz CT molecular complexity index is 634. The number of rotatable bonds is 2. The van der Waals surface area contributed by atoms with E-state index in [0.29, 0.717) is 21.5 Å². The molecule has 0 radical (unpaired) electrons. The summed E-state index contributed by atoms with van der Waals surface area (Å²) in [4.78, 5) is 15.8. The number of urea groups is 1. The fourth-order valence-corrected chi connectivity index (χ4v) is 1.73. The maximum absolute atomic E-state index is 11.7. The summed E-state index contributed by atoms with van der Waals surface area (Å²) in [6.45, 7) is 0. The third kappa shape index (κ3) is 3.53. The van der Waals surface area contributed by atoms with Gasteiger partial charge in [-0.15, -0.1) is 0 Å². The Hall–Kier alpha value is -2.39. The van der Waals surface area contributed by atoms with E-state index in [1.54, 1.807) is 42.6 Å². The van der Waals surface area contributed by atoms with Crippen molar-refractivity contribution < 1.29 is 4.79 Å². The predicted octanol–water partition coefficient (Wildman–Crippen LogP) is 3.36. The third-order valence-corrected chi connectivity index (χ3v) is 2.90. The van der Waals surface area contributed by atoms with Gasteiger partial charge in [0.05, 0.1) is 16.1 Å². The first kappa shape index (κ1) is 13.1. The van der Waals surface area contributed by atoms with E-state index in [-0.39, 0.29) is 0 Å². The summed E-state index contributed by atoms with van der Waals surface area (Å²) in [5, 5.41) is 13.9. The van der Waals surface area contributed by atoms with Crippen molar-refractivity contribution in [2.75, 3.05) is 10.6 Å². The lowest BCUT2D eigenvalue weighted by Gasteiger charge is -2.08. The van der Waals surface area contributed by atoms with Gasteiger partial charge >= 0.3 is 6.03 Å². The van der Waals surface area contributed by atoms with Crippen molar-refractivity contribution in [1.82, 2.24) is 4.98 Å². The molecule has 0 spiro atoms. The number of hydrogen-bond donors (Lipinski definition) is 2. The molecule has 0 saturated heterocycles.